The van der Waals surface area contributed by atoms with E-state index < -0.39 is 4.92 Å². The molecule has 5 nitrogen and oxygen atoms in total. The summed E-state index contributed by atoms with van der Waals surface area (Å²) in [5, 5.41) is 10.8. The van der Waals surface area contributed by atoms with Gasteiger partial charge in [-0.15, -0.1) is 0 Å². The lowest BCUT2D eigenvalue weighted by molar-refractivity contribution is -0.385. The maximum atomic E-state index is 10.8. The van der Waals surface area contributed by atoms with Crippen molar-refractivity contribution in [1.29, 1.82) is 0 Å². The molecule has 2 rings (SSSR count). The minimum Gasteiger partial charge on any atom is -0.490 e. The molecular weight excluding hydrogens is 270 g/mol. The number of para-hydroxylation sites is 2. The van der Waals surface area contributed by atoms with Gasteiger partial charge in [-0.1, -0.05) is 31.2 Å². The van der Waals surface area contributed by atoms with Crippen LogP contribution in [0.3, 0.4) is 0 Å². The molecule has 0 saturated heterocycles. The minimum atomic E-state index is -0.457. The monoisotopic (exact) mass is 287 g/mol. The summed E-state index contributed by atoms with van der Waals surface area (Å²) >= 11 is 0. The molecule has 0 amide bonds. The molecule has 2 aromatic rings. The third kappa shape index (κ3) is 4.21. The lowest BCUT2D eigenvalue weighted by Gasteiger charge is -2.09. The Morgan fingerprint density at radius 2 is 1.81 bits per heavy atom. The highest BCUT2D eigenvalue weighted by atomic mass is 16.6. The van der Waals surface area contributed by atoms with Gasteiger partial charge in [0.05, 0.1) is 4.92 Å². The Morgan fingerprint density at radius 1 is 1.05 bits per heavy atom. The van der Waals surface area contributed by atoms with Crippen LogP contribution >= 0.6 is 0 Å². The molecule has 0 N–H and O–H groups in total. The standard InChI is InChI=1S/C16H17NO4/c1-2-13-6-5-7-14(12-13)20-10-11-21-16-9-4-3-8-15(16)17(18)19/h3-9,12H,2,10-11H2,1H3. The molecule has 0 aliphatic heterocycles. The lowest BCUT2D eigenvalue weighted by Crippen LogP contribution is -2.10. The van der Waals surface area contributed by atoms with Gasteiger partial charge in [0.25, 0.3) is 0 Å². The number of nitrogens with zero attached hydrogens (tertiary/aromatic N) is 1. The summed E-state index contributed by atoms with van der Waals surface area (Å²) in [6, 6.07) is 14.1. The number of hydrogen-bond donors (Lipinski definition) is 0. The second-order valence-corrected chi connectivity index (χ2v) is 4.42. The minimum absolute atomic E-state index is 0.0366. The van der Waals surface area contributed by atoms with Crippen LogP contribution < -0.4 is 9.47 Å². The average molecular weight is 287 g/mol. The molecule has 2 aromatic carbocycles. The highest BCUT2D eigenvalue weighted by molar-refractivity contribution is 5.45. The Kier molecular flexibility index (Phi) is 5.15. The van der Waals surface area contributed by atoms with Gasteiger partial charge in [0, 0.05) is 6.07 Å². The molecule has 0 unspecified atom stereocenters. The molecule has 0 radical (unpaired) electrons. The van der Waals surface area contributed by atoms with E-state index in [1.807, 2.05) is 24.3 Å². The summed E-state index contributed by atoms with van der Waals surface area (Å²) in [6.45, 7) is 2.66. The van der Waals surface area contributed by atoms with Crippen molar-refractivity contribution in [3.05, 3.63) is 64.2 Å². The Bertz CT molecular complexity index is 613. The van der Waals surface area contributed by atoms with E-state index in [1.165, 1.54) is 11.6 Å². The van der Waals surface area contributed by atoms with Gasteiger partial charge in [0.1, 0.15) is 19.0 Å². The molecule has 21 heavy (non-hydrogen) atoms. The van der Waals surface area contributed by atoms with Crippen molar-refractivity contribution in [2.24, 2.45) is 0 Å². The Balaban J connectivity index is 1.86. The molecule has 0 heterocycles. The van der Waals surface area contributed by atoms with E-state index in [1.54, 1.807) is 18.2 Å². The van der Waals surface area contributed by atoms with Gasteiger partial charge in [0.15, 0.2) is 5.75 Å². The Hall–Kier alpha value is -2.56. The van der Waals surface area contributed by atoms with Crippen LogP contribution in [-0.2, 0) is 6.42 Å². The summed E-state index contributed by atoms with van der Waals surface area (Å²) < 4.78 is 11.0. The van der Waals surface area contributed by atoms with Crippen molar-refractivity contribution in [3.8, 4) is 11.5 Å². The predicted molar refractivity (Wildman–Crippen MR) is 79.9 cm³/mol. The number of rotatable bonds is 7. The van der Waals surface area contributed by atoms with Crippen molar-refractivity contribution < 1.29 is 14.4 Å². The second-order valence-electron chi connectivity index (χ2n) is 4.42. The second kappa shape index (κ2) is 7.28. The molecule has 0 bridgehead atoms. The zero-order valence-electron chi connectivity index (χ0n) is 11.8. The van der Waals surface area contributed by atoms with Gasteiger partial charge in [-0.05, 0) is 30.2 Å². The van der Waals surface area contributed by atoms with E-state index in [-0.39, 0.29) is 18.0 Å². The van der Waals surface area contributed by atoms with Crippen molar-refractivity contribution >= 4 is 5.69 Å². The van der Waals surface area contributed by atoms with Crippen LogP contribution in [0.4, 0.5) is 5.69 Å². The molecule has 0 aromatic heterocycles. The molecular formula is C16H17NO4. The van der Waals surface area contributed by atoms with Crippen LogP contribution in [0.15, 0.2) is 48.5 Å². The molecule has 0 fully saturated rings. The van der Waals surface area contributed by atoms with Gasteiger partial charge in [-0.2, -0.15) is 0 Å². The first-order valence-electron chi connectivity index (χ1n) is 6.78. The quantitative estimate of drug-likeness (QED) is 0.443. The topological polar surface area (TPSA) is 61.6 Å². The fraction of sp³-hybridized carbons (Fsp3) is 0.250. The summed E-state index contributed by atoms with van der Waals surface area (Å²) in [5.74, 6) is 1.04. The summed E-state index contributed by atoms with van der Waals surface area (Å²) in [7, 11) is 0. The third-order valence-corrected chi connectivity index (χ3v) is 2.98. The molecule has 0 aliphatic rings. The number of aryl methyl sites for hydroxylation is 1. The normalized spacial score (nSPS) is 10.1. The van der Waals surface area contributed by atoms with Crippen molar-refractivity contribution in [2.75, 3.05) is 13.2 Å². The zero-order chi connectivity index (χ0) is 15.1. The van der Waals surface area contributed by atoms with Crippen LogP contribution in [0.1, 0.15) is 12.5 Å². The molecule has 0 spiro atoms. The lowest BCUT2D eigenvalue weighted by atomic mass is 10.2. The van der Waals surface area contributed by atoms with Gasteiger partial charge in [0.2, 0.25) is 0 Å². The molecule has 110 valence electrons. The summed E-state index contributed by atoms with van der Waals surface area (Å²) in [4.78, 5) is 10.4. The first-order chi connectivity index (χ1) is 10.2. The first kappa shape index (κ1) is 14.8. The SMILES string of the molecule is CCc1cccc(OCCOc2ccccc2[N+](=O)[O-])c1. The molecule has 0 saturated carbocycles. The smallest absolute Gasteiger partial charge is 0.310 e. The van der Waals surface area contributed by atoms with Gasteiger partial charge in [-0.3, -0.25) is 10.1 Å². The fourth-order valence-corrected chi connectivity index (χ4v) is 1.90. The highest BCUT2D eigenvalue weighted by Crippen LogP contribution is 2.25. The van der Waals surface area contributed by atoms with Gasteiger partial charge in [-0.25, -0.2) is 0 Å². The third-order valence-electron chi connectivity index (χ3n) is 2.98. The number of hydrogen-bond acceptors (Lipinski definition) is 4. The van der Waals surface area contributed by atoms with E-state index in [0.717, 1.165) is 12.2 Å². The first-order valence-corrected chi connectivity index (χ1v) is 6.78. The molecule has 5 heteroatoms. The largest absolute Gasteiger partial charge is 0.490 e. The van der Waals surface area contributed by atoms with Crippen LogP contribution in [-0.4, -0.2) is 18.1 Å². The van der Waals surface area contributed by atoms with E-state index in [4.69, 9.17) is 9.47 Å². The van der Waals surface area contributed by atoms with E-state index in [9.17, 15) is 10.1 Å². The van der Waals surface area contributed by atoms with Crippen molar-refractivity contribution in [3.63, 3.8) is 0 Å². The Labute approximate surface area is 123 Å². The van der Waals surface area contributed by atoms with Crippen LogP contribution in [0.5, 0.6) is 11.5 Å². The predicted octanol–water partition coefficient (Wildman–Crippen LogP) is 3.62. The number of benzene rings is 2. The maximum Gasteiger partial charge on any atom is 0.310 e. The van der Waals surface area contributed by atoms with E-state index in [2.05, 4.69) is 6.92 Å². The fourth-order valence-electron chi connectivity index (χ4n) is 1.90. The van der Waals surface area contributed by atoms with Gasteiger partial charge >= 0.3 is 5.69 Å². The van der Waals surface area contributed by atoms with E-state index >= 15 is 0 Å². The maximum absolute atomic E-state index is 10.8. The summed E-state index contributed by atoms with van der Waals surface area (Å²) in [5.41, 5.74) is 1.16. The molecule has 0 atom stereocenters. The van der Waals surface area contributed by atoms with Crippen LogP contribution in [0.2, 0.25) is 0 Å². The number of nitro benzene ring substituents is 1. The van der Waals surface area contributed by atoms with Crippen molar-refractivity contribution in [2.45, 2.75) is 13.3 Å². The summed E-state index contributed by atoms with van der Waals surface area (Å²) in [6.07, 6.45) is 0.948. The zero-order valence-corrected chi connectivity index (χ0v) is 11.8. The Morgan fingerprint density at radius 3 is 2.57 bits per heavy atom. The number of ether oxygens (including phenoxy) is 2. The van der Waals surface area contributed by atoms with Crippen LogP contribution in [0, 0.1) is 10.1 Å². The van der Waals surface area contributed by atoms with E-state index in [0.29, 0.717) is 6.61 Å². The average Bonchev–Trinajstić information content (AvgIpc) is 2.52. The van der Waals surface area contributed by atoms with Crippen molar-refractivity contribution in [1.82, 2.24) is 0 Å². The molecule has 0 aliphatic carbocycles. The number of nitro groups is 1. The highest BCUT2D eigenvalue weighted by Gasteiger charge is 2.13. The van der Waals surface area contributed by atoms with Crippen LogP contribution in [0.25, 0.3) is 0 Å². The van der Waals surface area contributed by atoms with Gasteiger partial charge < -0.3 is 9.47 Å².